The third kappa shape index (κ3) is 7.41. The molecule has 7 nitrogen and oxygen atoms in total. The van der Waals surface area contributed by atoms with Crippen LogP contribution in [0.15, 0.2) is 40.2 Å². The monoisotopic (exact) mass is 531 g/mol. The van der Waals surface area contributed by atoms with E-state index in [4.69, 9.17) is 16.3 Å². The summed E-state index contributed by atoms with van der Waals surface area (Å²) in [7, 11) is 0. The Hall–Kier alpha value is -2.66. The molecule has 0 unspecified atom stereocenters. The van der Waals surface area contributed by atoms with Crippen LogP contribution in [0.1, 0.15) is 54.7 Å². The van der Waals surface area contributed by atoms with E-state index in [0.29, 0.717) is 9.92 Å². The number of alkyl halides is 3. The predicted octanol–water partition coefficient (Wildman–Crippen LogP) is 4.90. The first-order valence-corrected chi connectivity index (χ1v) is 12.1. The summed E-state index contributed by atoms with van der Waals surface area (Å²) >= 11 is 7.10. The van der Waals surface area contributed by atoms with Crippen molar-refractivity contribution in [3.63, 3.8) is 0 Å². The molecule has 0 fully saturated rings. The largest absolute Gasteiger partial charge is 0.444 e. The highest BCUT2D eigenvalue weighted by Gasteiger charge is 2.34. The van der Waals surface area contributed by atoms with Crippen molar-refractivity contribution in [2.24, 2.45) is 0 Å². The van der Waals surface area contributed by atoms with Gasteiger partial charge < -0.3 is 19.9 Å². The predicted molar refractivity (Wildman–Crippen MR) is 127 cm³/mol. The summed E-state index contributed by atoms with van der Waals surface area (Å²) in [6.45, 7) is 4.60. The summed E-state index contributed by atoms with van der Waals surface area (Å²) in [5.74, 6) is -0.474. The second-order valence-corrected chi connectivity index (χ2v) is 10.4. The molecule has 2 aromatic rings. The van der Waals surface area contributed by atoms with Crippen LogP contribution in [-0.4, -0.2) is 40.6 Å². The third-order valence-electron chi connectivity index (χ3n) is 4.90. The summed E-state index contributed by atoms with van der Waals surface area (Å²) in [4.78, 5) is 38.9. The van der Waals surface area contributed by atoms with Crippen molar-refractivity contribution in [1.29, 1.82) is 0 Å². The molecular weight excluding hydrogens is 507 g/mol. The maximum Gasteiger partial charge on any atom is 0.408 e. The zero-order valence-corrected chi connectivity index (χ0v) is 20.9. The number of fused-ring (bicyclic) bond motifs is 1. The Morgan fingerprint density at radius 2 is 1.86 bits per heavy atom. The van der Waals surface area contributed by atoms with Crippen molar-refractivity contribution < 1.29 is 27.5 Å². The smallest absolute Gasteiger partial charge is 0.408 e. The van der Waals surface area contributed by atoms with E-state index >= 15 is 0 Å². The maximum atomic E-state index is 13.4. The number of alkyl carbamates (subject to hydrolysis) is 1. The lowest BCUT2D eigenvalue weighted by Gasteiger charge is -2.22. The fourth-order valence-electron chi connectivity index (χ4n) is 3.43. The van der Waals surface area contributed by atoms with Crippen molar-refractivity contribution in [3.8, 4) is 0 Å². The normalized spacial score (nSPS) is 15.5. The zero-order valence-electron chi connectivity index (χ0n) is 19.3. The van der Waals surface area contributed by atoms with Gasteiger partial charge in [-0.1, -0.05) is 23.7 Å². The summed E-state index contributed by atoms with van der Waals surface area (Å²) < 4.78 is 44.2. The molecule has 0 spiro atoms. The second kappa shape index (κ2) is 10.5. The quantitative estimate of drug-likeness (QED) is 0.553. The van der Waals surface area contributed by atoms with E-state index < -0.39 is 48.3 Å². The van der Waals surface area contributed by atoms with Crippen LogP contribution in [0.25, 0.3) is 0 Å². The molecule has 1 aromatic carbocycles. The molecule has 0 radical (unpaired) electrons. The molecule has 1 aromatic heterocycles. The molecule has 0 aliphatic carbocycles. The number of rotatable bonds is 6. The van der Waals surface area contributed by atoms with Crippen molar-refractivity contribution in [2.45, 2.75) is 56.5 Å². The number of amides is 2. The molecule has 1 aliphatic rings. The lowest BCUT2D eigenvalue weighted by Crippen LogP contribution is -2.38. The number of benzene rings is 1. The van der Waals surface area contributed by atoms with Gasteiger partial charge in [0.15, 0.2) is 0 Å². The molecule has 1 atom stereocenters. The van der Waals surface area contributed by atoms with Gasteiger partial charge in [0.1, 0.15) is 5.60 Å². The van der Waals surface area contributed by atoms with Gasteiger partial charge in [-0.05, 0) is 38.5 Å². The Kier molecular flexibility index (Phi) is 8.10. The van der Waals surface area contributed by atoms with Gasteiger partial charge in [-0.15, -0.1) is 11.8 Å². The topological polar surface area (TPSA) is 89.4 Å². The molecule has 0 bridgehead atoms. The molecule has 0 saturated heterocycles. The van der Waals surface area contributed by atoms with Crippen LogP contribution in [0.5, 0.6) is 0 Å². The van der Waals surface area contributed by atoms with Gasteiger partial charge in [-0.3, -0.25) is 9.59 Å². The van der Waals surface area contributed by atoms with Crippen LogP contribution in [0.4, 0.5) is 18.0 Å². The number of carbonyl (C=O) groups is 2. The lowest BCUT2D eigenvalue weighted by atomic mass is 10.1. The van der Waals surface area contributed by atoms with Crippen LogP contribution in [0, 0.1) is 0 Å². The van der Waals surface area contributed by atoms with Crippen molar-refractivity contribution >= 4 is 35.4 Å². The highest BCUT2D eigenvalue weighted by molar-refractivity contribution is 7.99. The Balaban J connectivity index is 1.96. The number of halogens is 4. The number of hydrogen-bond donors (Lipinski definition) is 2. The minimum Gasteiger partial charge on any atom is -0.444 e. The maximum absolute atomic E-state index is 13.4. The van der Waals surface area contributed by atoms with E-state index in [-0.39, 0.29) is 23.4 Å². The Labute approximate surface area is 209 Å². The van der Waals surface area contributed by atoms with Gasteiger partial charge in [0.05, 0.1) is 30.1 Å². The van der Waals surface area contributed by atoms with Crippen LogP contribution >= 0.6 is 23.4 Å². The van der Waals surface area contributed by atoms with Crippen molar-refractivity contribution in [2.75, 3.05) is 12.3 Å². The summed E-state index contributed by atoms with van der Waals surface area (Å²) in [6, 6.07) is 6.01. The van der Waals surface area contributed by atoms with Crippen LogP contribution in [-0.2, 0) is 11.3 Å². The van der Waals surface area contributed by atoms with E-state index in [0.717, 1.165) is 5.56 Å². The number of aromatic nitrogens is 1. The molecule has 2 N–H and O–H groups in total. The molecule has 12 heteroatoms. The van der Waals surface area contributed by atoms with E-state index in [1.807, 2.05) is 0 Å². The zero-order chi connectivity index (χ0) is 26.0. The Morgan fingerprint density at radius 3 is 2.46 bits per heavy atom. The van der Waals surface area contributed by atoms with Gasteiger partial charge in [-0.25, -0.2) is 4.79 Å². The number of pyridine rings is 1. The summed E-state index contributed by atoms with van der Waals surface area (Å²) in [6.07, 6.45) is -4.98. The number of hydrogen-bond acceptors (Lipinski definition) is 5. The SMILES string of the molecule is CC(C)(C)OC(=O)N[C@H]1CSc2c(C(=O)NCCC(F)(F)F)cn(Cc3ccc(Cl)cc3)c(=O)c21. The van der Waals surface area contributed by atoms with Crippen molar-refractivity contribution in [1.82, 2.24) is 15.2 Å². The highest BCUT2D eigenvalue weighted by Crippen LogP contribution is 2.38. The fourth-order valence-corrected chi connectivity index (χ4v) is 4.82. The van der Waals surface area contributed by atoms with E-state index in [1.54, 1.807) is 45.0 Å². The molecule has 2 amide bonds. The van der Waals surface area contributed by atoms with E-state index in [1.165, 1.54) is 22.5 Å². The molecule has 3 rings (SSSR count). The molecular formula is C23H25ClF3N3O4S. The van der Waals surface area contributed by atoms with Crippen LogP contribution in [0.3, 0.4) is 0 Å². The number of ether oxygens (including phenoxy) is 1. The lowest BCUT2D eigenvalue weighted by molar-refractivity contribution is -0.133. The van der Waals surface area contributed by atoms with Crippen LogP contribution < -0.4 is 16.2 Å². The average molecular weight is 532 g/mol. The van der Waals surface area contributed by atoms with Gasteiger partial charge in [0, 0.05) is 28.4 Å². The highest BCUT2D eigenvalue weighted by atomic mass is 35.5. The summed E-state index contributed by atoms with van der Waals surface area (Å²) in [5.41, 5.74) is -0.198. The van der Waals surface area contributed by atoms with Crippen molar-refractivity contribution in [3.05, 3.63) is 62.5 Å². The first-order valence-electron chi connectivity index (χ1n) is 10.7. The van der Waals surface area contributed by atoms with Crippen LogP contribution in [0.2, 0.25) is 5.02 Å². The third-order valence-corrected chi connectivity index (χ3v) is 6.38. The fraction of sp³-hybridized carbons (Fsp3) is 0.435. The molecule has 35 heavy (non-hydrogen) atoms. The standard InChI is InChI=1S/C23H25ClF3N3O4S/c1-22(2,3)34-21(33)29-16-12-35-18-15(19(31)28-9-8-23(25,26)27)11-30(20(32)17(16)18)10-13-4-6-14(24)7-5-13/h4-7,11,16H,8-10,12H2,1-3H3,(H,28,31)(H,29,33)/t16-/m0/s1. The number of nitrogens with zero attached hydrogens (tertiary/aromatic N) is 1. The molecule has 1 aliphatic heterocycles. The molecule has 190 valence electrons. The first kappa shape index (κ1) is 26.9. The minimum absolute atomic E-state index is 0.0641. The number of carbonyl (C=O) groups excluding carboxylic acids is 2. The molecule has 0 saturated carbocycles. The van der Waals surface area contributed by atoms with Gasteiger partial charge in [0.25, 0.3) is 11.5 Å². The average Bonchev–Trinajstić information content (AvgIpc) is 3.13. The summed E-state index contributed by atoms with van der Waals surface area (Å²) in [5, 5.41) is 5.45. The van der Waals surface area contributed by atoms with E-state index in [9.17, 15) is 27.6 Å². The first-order chi connectivity index (χ1) is 16.2. The number of thioether (sulfide) groups is 1. The number of nitrogens with one attached hydrogen (secondary N) is 2. The molecule has 2 heterocycles. The Bertz CT molecular complexity index is 1160. The van der Waals surface area contributed by atoms with Gasteiger partial charge >= 0.3 is 12.3 Å². The van der Waals surface area contributed by atoms with E-state index in [2.05, 4.69) is 10.6 Å². The minimum atomic E-state index is -4.42. The Morgan fingerprint density at radius 1 is 1.20 bits per heavy atom. The van der Waals surface area contributed by atoms with Gasteiger partial charge in [0.2, 0.25) is 0 Å². The van der Waals surface area contributed by atoms with Gasteiger partial charge in [-0.2, -0.15) is 13.2 Å². The second-order valence-electron chi connectivity index (χ2n) is 8.98.